The highest BCUT2D eigenvalue weighted by molar-refractivity contribution is 6.31. The summed E-state index contributed by atoms with van der Waals surface area (Å²) in [5.74, 6) is 2.15. The SMILES string of the molecule is COc1ccc(C2=NN3[C@H](C2)c2cc(Cl)ccc2O[C@H]3c2cccc(Cl)c2)cc1OC. The van der Waals surface area contributed by atoms with Crippen molar-refractivity contribution in [1.82, 2.24) is 5.01 Å². The Labute approximate surface area is 190 Å². The first-order valence-electron chi connectivity index (χ1n) is 9.87. The number of hydrogen-bond donors (Lipinski definition) is 0. The Morgan fingerprint density at radius 1 is 0.935 bits per heavy atom. The molecule has 3 aromatic rings. The summed E-state index contributed by atoms with van der Waals surface area (Å²) < 4.78 is 17.2. The predicted molar refractivity (Wildman–Crippen MR) is 122 cm³/mol. The van der Waals surface area contributed by atoms with Crippen LogP contribution < -0.4 is 14.2 Å². The molecule has 2 heterocycles. The molecule has 5 nitrogen and oxygen atoms in total. The molecule has 0 unspecified atom stereocenters. The summed E-state index contributed by atoms with van der Waals surface area (Å²) in [7, 11) is 3.25. The summed E-state index contributed by atoms with van der Waals surface area (Å²) in [6.45, 7) is 0. The van der Waals surface area contributed by atoms with E-state index in [0.717, 1.165) is 28.2 Å². The molecular weight excluding hydrogens is 435 g/mol. The lowest BCUT2D eigenvalue weighted by molar-refractivity contribution is -0.0190. The number of fused-ring (bicyclic) bond motifs is 3. The van der Waals surface area contributed by atoms with Crippen molar-refractivity contribution in [1.29, 1.82) is 0 Å². The van der Waals surface area contributed by atoms with Crippen LogP contribution in [0.25, 0.3) is 0 Å². The van der Waals surface area contributed by atoms with Crippen molar-refractivity contribution in [3.05, 3.63) is 87.4 Å². The molecule has 0 radical (unpaired) electrons. The number of benzene rings is 3. The van der Waals surface area contributed by atoms with Crippen LogP contribution in [-0.2, 0) is 0 Å². The number of rotatable bonds is 4. The summed E-state index contributed by atoms with van der Waals surface area (Å²) in [5, 5.41) is 8.29. The van der Waals surface area contributed by atoms with E-state index in [1.165, 1.54) is 0 Å². The molecule has 0 amide bonds. The van der Waals surface area contributed by atoms with Crippen LogP contribution in [0.2, 0.25) is 10.0 Å². The van der Waals surface area contributed by atoms with Gasteiger partial charge in [0.25, 0.3) is 0 Å². The first-order chi connectivity index (χ1) is 15.1. The fourth-order valence-corrected chi connectivity index (χ4v) is 4.51. The first-order valence-corrected chi connectivity index (χ1v) is 10.6. The van der Waals surface area contributed by atoms with E-state index in [9.17, 15) is 0 Å². The van der Waals surface area contributed by atoms with E-state index in [4.69, 9.17) is 42.5 Å². The maximum absolute atomic E-state index is 6.36. The number of hydrazone groups is 1. The highest BCUT2D eigenvalue weighted by atomic mass is 35.5. The van der Waals surface area contributed by atoms with Crippen LogP contribution >= 0.6 is 23.2 Å². The van der Waals surface area contributed by atoms with Gasteiger partial charge in [-0.3, -0.25) is 0 Å². The molecule has 0 spiro atoms. The van der Waals surface area contributed by atoms with Gasteiger partial charge in [0.2, 0.25) is 6.23 Å². The van der Waals surface area contributed by atoms with Crippen LogP contribution in [0.1, 0.15) is 35.4 Å². The summed E-state index contributed by atoms with van der Waals surface area (Å²) in [4.78, 5) is 0. The number of nitrogens with zero attached hydrogens (tertiary/aromatic N) is 2. The molecule has 0 bridgehead atoms. The zero-order valence-electron chi connectivity index (χ0n) is 17.0. The molecule has 3 aromatic carbocycles. The van der Waals surface area contributed by atoms with E-state index < -0.39 is 6.23 Å². The summed E-state index contributed by atoms with van der Waals surface area (Å²) in [6, 6.07) is 19.2. The van der Waals surface area contributed by atoms with E-state index >= 15 is 0 Å². The van der Waals surface area contributed by atoms with E-state index in [-0.39, 0.29) is 6.04 Å². The van der Waals surface area contributed by atoms with Crippen LogP contribution in [0.3, 0.4) is 0 Å². The van der Waals surface area contributed by atoms with Crippen LogP contribution in [0.4, 0.5) is 0 Å². The zero-order chi connectivity index (χ0) is 21.5. The Morgan fingerprint density at radius 3 is 2.52 bits per heavy atom. The van der Waals surface area contributed by atoms with Crippen molar-refractivity contribution in [2.24, 2.45) is 5.10 Å². The van der Waals surface area contributed by atoms with Crippen molar-refractivity contribution in [2.45, 2.75) is 18.7 Å². The molecule has 5 rings (SSSR count). The van der Waals surface area contributed by atoms with E-state index in [1.54, 1.807) is 14.2 Å². The Balaban J connectivity index is 1.59. The predicted octanol–water partition coefficient (Wildman–Crippen LogP) is 6.25. The van der Waals surface area contributed by atoms with Gasteiger partial charge in [-0.25, -0.2) is 5.01 Å². The van der Waals surface area contributed by atoms with Gasteiger partial charge in [-0.05, 0) is 48.5 Å². The lowest BCUT2D eigenvalue weighted by Gasteiger charge is -2.38. The molecule has 0 fully saturated rings. The molecule has 2 aliphatic heterocycles. The van der Waals surface area contributed by atoms with Crippen molar-refractivity contribution in [3.8, 4) is 17.2 Å². The van der Waals surface area contributed by atoms with Gasteiger partial charge in [0.15, 0.2) is 11.5 Å². The normalized spacial score (nSPS) is 19.2. The van der Waals surface area contributed by atoms with Gasteiger partial charge < -0.3 is 14.2 Å². The second-order valence-electron chi connectivity index (χ2n) is 7.42. The van der Waals surface area contributed by atoms with Gasteiger partial charge in [0.05, 0.1) is 26.0 Å². The third-order valence-corrected chi connectivity index (χ3v) is 6.07. The topological polar surface area (TPSA) is 43.3 Å². The largest absolute Gasteiger partial charge is 0.493 e. The van der Waals surface area contributed by atoms with Gasteiger partial charge in [-0.15, -0.1) is 0 Å². The van der Waals surface area contributed by atoms with Crippen molar-refractivity contribution in [2.75, 3.05) is 14.2 Å². The molecule has 0 saturated heterocycles. The molecular formula is C24H20Cl2N2O3. The summed E-state index contributed by atoms with van der Waals surface area (Å²) in [5.41, 5.74) is 3.87. The van der Waals surface area contributed by atoms with Crippen LogP contribution in [0, 0.1) is 0 Å². The number of methoxy groups -OCH3 is 2. The third-order valence-electron chi connectivity index (χ3n) is 5.60. The summed E-state index contributed by atoms with van der Waals surface area (Å²) in [6.07, 6.45) is 0.318. The zero-order valence-corrected chi connectivity index (χ0v) is 18.5. The Kier molecular flexibility index (Phi) is 5.16. The van der Waals surface area contributed by atoms with Gasteiger partial charge in [-0.1, -0.05) is 35.3 Å². The number of ether oxygens (including phenoxy) is 3. The molecule has 2 atom stereocenters. The molecule has 2 aliphatic rings. The van der Waals surface area contributed by atoms with Crippen molar-refractivity contribution in [3.63, 3.8) is 0 Å². The fourth-order valence-electron chi connectivity index (χ4n) is 4.13. The molecule has 158 valence electrons. The minimum Gasteiger partial charge on any atom is -0.493 e. The standard InChI is InChI=1S/C24H20Cl2N2O3/c1-29-22-8-6-14(11-23(22)30-2)19-13-20-18-12-17(26)7-9-21(18)31-24(28(20)27-19)15-4-3-5-16(25)10-15/h3-12,20,24H,13H2,1-2H3/t20-,24+/m1/s1. The molecule has 7 heteroatoms. The lowest BCUT2D eigenvalue weighted by Crippen LogP contribution is -2.33. The monoisotopic (exact) mass is 454 g/mol. The molecule has 0 aromatic heterocycles. The Bertz CT molecular complexity index is 1180. The maximum Gasteiger partial charge on any atom is 0.213 e. The van der Waals surface area contributed by atoms with Gasteiger partial charge >= 0.3 is 0 Å². The van der Waals surface area contributed by atoms with Crippen LogP contribution in [0.5, 0.6) is 17.2 Å². The van der Waals surface area contributed by atoms with E-state index in [1.807, 2.05) is 65.7 Å². The second-order valence-corrected chi connectivity index (χ2v) is 8.30. The molecule has 31 heavy (non-hydrogen) atoms. The van der Waals surface area contributed by atoms with Gasteiger partial charge in [0, 0.05) is 33.2 Å². The second kappa shape index (κ2) is 7.98. The molecule has 0 saturated carbocycles. The highest BCUT2D eigenvalue weighted by Crippen LogP contribution is 2.48. The minimum atomic E-state index is -0.394. The molecule has 0 aliphatic carbocycles. The first kappa shape index (κ1) is 20.0. The lowest BCUT2D eigenvalue weighted by atomic mass is 9.95. The Morgan fingerprint density at radius 2 is 1.74 bits per heavy atom. The van der Waals surface area contributed by atoms with E-state index in [2.05, 4.69) is 0 Å². The highest BCUT2D eigenvalue weighted by Gasteiger charge is 2.41. The maximum atomic E-state index is 6.36. The van der Waals surface area contributed by atoms with Crippen LogP contribution in [0.15, 0.2) is 65.8 Å². The average molecular weight is 455 g/mol. The number of hydrogen-bond acceptors (Lipinski definition) is 5. The van der Waals surface area contributed by atoms with Gasteiger partial charge in [-0.2, -0.15) is 5.10 Å². The minimum absolute atomic E-state index is 0.00507. The van der Waals surface area contributed by atoms with Gasteiger partial charge in [0.1, 0.15) is 5.75 Å². The summed E-state index contributed by atoms with van der Waals surface area (Å²) >= 11 is 12.6. The van der Waals surface area contributed by atoms with Crippen molar-refractivity contribution < 1.29 is 14.2 Å². The Hall–Kier alpha value is -2.89. The molecule has 0 N–H and O–H groups in total. The van der Waals surface area contributed by atoms with Crippen LogP contribution in [-0.4, -0.2) is 24.9 Å². The average Bonchev–Trinajstić information content (AvgIpc) is 3.24. The number of halogens is 2. The van der Waals surface area contributed by atoms with Crippen molar-refractivity contribution >= 4 is 28.9 Å². The third kappa shape index (κ3) is 3.58. The quantitative estimate of drug-likeness (QED) is 0.466. The fraction of sp³-hybridized carbons (Fsp3) is 0.208. The van der Waals surface area contributed by atoms with E-state index in [0.29, 0.717) is 28.0 Å². The smallest absolute Gasteiger partial charge is 0.213 e.